The van der Waals surface area contributed by atoms with Gasteiger partial charge in [0.1, 0.15) is 0 Å². The molecule has 0 spiro atoms. The topological polar surface area (TPSA) is 37.8 Å². The van der Waals surface area contributed by atoms with Crippen LogP contribution in [0.15, 0.2) is 42.7 Å². The molecule has 2 aromatic rings. The van der Waals surface area contributed by atoms with E-state index in [9.17, 15) is 0 Å². The maximum absolute atomic E-state index is 4.36. The van der Waals surface area contributed by atoms with Gasteiger partial charge < -0.3 is 5.32 Å². The van der Waals surface area contributed by atoms with Crippen LogP contribution in [0.5, 0.6) is 0 Å². The van der Waals surface area contributed by atoms with Gasteiger partial charge in [0.15, 0.2) is 0 Å². The van der Waals surface area contributed by atoms with Gasteiger partial charge in [0.25, 0.3) is 0 Å². The molecule has 3 heteroatoms. The first kappa shape index (κ1) is 11.7. The number of aryl methyl sites for hydroxylation is 1. The van der Waals surface area contributed by atoms with E-state index in [4.69, 9.17) is 0 Å². The number of hydrogen-bond donors (Lipinski definition) is 1. The monoisotopic (exact) mass is 227 g/mol. The lowest BCUT2D eigenvalue weighted by molar-refractivity contribution is 0.554. The molecule has 0 bridgehead atoms. The highest BCUT2D eigenvalue weighted by Gasteiger charge is 2.06. The zero-order valence-electron chi connectivity index (χ0n) is 10.2. The summed E-state index contributed by atoms with van der Waals surface area (Å²) < 4.78 is 0. The van der Waals surface area contributed by atoms with Crippen molar-refractivity contribution in [1.29, 1.82) is 0 Å². The number of rotatable bonds is 4. The molecule has 0 aliphatic rings. The summed E-state index contributed by atoms with van der Waals surface area (Å²) in [5, 5.41) is 3.43. The van der Waals surface area contributed by atoms with Crippen LogP contribution in [-0.2, 0) is 6.54 Å². The molecule has 1 atom stereocenters. The first-order valence-corrected chi connectivity index (χ1v) is 5.82. The highest BCUT2D eigenvalue weighted by Crippen LogP contribution is 2.10. The van der Waals surface area contributed by atoms with Crippen molar-refractivity contribution in [3.05, 3.63) is 59.7 Å². The molecular formula is C14H17N3. The standard InChI is InChI=1S/C14H17N3/c1-11-6-5-9-16-14(11)10-17-12(2)13-7-3-4-8-15-13/h3-9,12,17H,10H2,1-2H3/t12-/m1/s1. The minimum Gasteiger partial charge on any atom is -0.303 e. The lowest BCUT2D eigenvalue weighted by Gasteiger charge is -2.13. The Hall–Kier alpha value is -1.74. The van der Waals surface area contributed by atoms with Crippen molar-refractivity contribution in [2.24, 2.45) is 0 Å². The van der Waals surface area contributed by atoms with E-state index in [0.29, 0.717) is 0 Å². The van der Waals surface area contributed by atoms with E-state index in [-0.39, 0.29) is 6.04 Å². The number of aromatic nitrogens is 2. The fourth-order valence-corrected chi connectivity index (χ4v) is 1.69. The molecule has 0 amide bonds. The fourth-order valence-electron chi connectivity index (χ4n) is 1.69. The van der Waals surface area contributed by atoms with E-state index < -0.39 is 0 Å². The van der Waals surface area contributed by atoms with Crippen molar-refractivity contribution < 1.29 is 0 Å². The van der Waals surface area contributed by atoms with Crippen molar-refractivity contribution in [3.8, 4) is 0 Å². The van der Waals surface area contributed by atoms with Crippen LogP contribution >= 0.6 is 0 Å². The number of pyridine rings is 2. The van der Waals surface area contributed by atoms with Crippen molar-refractivity contribution in [3.63, 3.8) is 0 Å². The van der Waals surface area contributed by atoms with Gasteiger partial charge in [-0.05, 0) is 37.6 Å². The molecule has 0 unspecified atom stereocenters. The Morgan fingerprint density at radius 2 is 1.94 bits per heavy atom. The van der Waals surface area contributed by atoms with E-state index in [2.05, 4.69) is 35.2 Å². The second kappa shape index (κ2) is 5.55. The maximum atomic E-state index is 4.36. The predicted octanol–water partition coefficient (Wildman–Crippen LogP) is 2.64. The Morgan fingerprint density at radius 1 is 1.12 bits per heavy atom. The van der Waals surface area contributed by atoms with Gasteiger partial charge in [-0.2, -0.15) is 0 Å². The Balaban J connectivity index is 1.97. The quantitative estimate of drug-likeness (QED) is 0.872. The van der Waals surface area contributed by atoms with Crippen LogP contribution < -0.4 is 5.32 Å². The Kier molecular flexibility index (Phi) is 3.83. The van der Waals surface area contributed by atoms with Crippen LogP contribution in [0, 0.1) is 6.92 Å². The minimum atomic E-state index is 0.234. The second-order valence-electron chi connectivity index (χ2n) is 4.12. The molecule has 1 N–H and O–H groups in total. The lowest BCUT2D eigenvalue weighted by Crippen LogP contribution is -2.20. The van der Waals surface area contributed by atoms with Gasteiger partial charge in [-0.15, -0.1) is 0 Å². The van der Waals surface area contributed by atoms with Gasteiger partial charge in [0, 0.05) is 25.0 Å². The van der Waals surface area contributed by atoms with Crippen molar-refractivity contribution in [1.82, 2.24) is 15.3 Å². The molecule has 17 heavy (non-hydrogen) atoms. The van der Waals surface area contributed by atoms with E-state index in [0.717, 1.165) is 17.9 Å². The maximum Gasteiger partial charge on any atom is 0.0570 e. The summed E-state index contributed by atoms with van der Waals surface area (Å²) in [4.78, 5) is 8.69. The summed E-state index contributed by atoms with van der Waals surface area (Å²) in [6.07, 6.45) is 3.65. The first-order chi connectivity index (χ1) is 8.27. The molecule has 0 aromatic carbocycles. The SMILES string of the molecule is Cc1cccnc1CN[C@H](C)c1ccccn1. The van der Waals surface area contributed by atoms with Crippen LogP contribution in [0.1, 0.15) is 29.9 Å². The summed E-state index contributed by atoms with van der Waals surface area (Å²) in [7, 11) is 0. The second-order valence-corrected chi connectivity index (χ2v) is 4.12. The highest BCUT2D eigenvalue weighted by atomic mass is 14.9. The normalized spacial score (nSPS) is 12.4. The van der Waals surface area contributed by atoms with E-state index in [1.165, 1.54) is 5.56 Å². The molecule has 0 saturated heterocycles. The fraction of sp³-hybridized carbons (Fsp3) is 0.286. The summed E-state index contributed by atoms with van der Waals surface area (Å²) in [6, 6.07) is 10.2. The average Bonchev–Trinajstić information content (AvgIpc) is 2.38. The van der Waals surface area contributed by atoms with Gasteiger partial charge in [-0.25, -0.2) is 0 Å². The summed E-state index contributed by atoms with van der Waals surface area (Å²) in [5.41, 5.74) is 3.37. The minimum absolute atomic E-state index is 0.234. The third kappa shape index (κ3) is 3.11. The van der Waals surface area contributed by atoms with Crippen LogP contribution in [-0.4, -0.2) is 9.97 Å². The van der Waals surface area contributed by atoms with E-state index in [1.807, 2.05) is 36.7 Å². The van der Waals surface area contributed by atoms with Crippen LogP contribution in [0.25, 0.3) is 0 Å². The van der Waals surface area contributed by atoms with E-state index >= 15 is 0 Å². The molecule has 0 radical (unpaired) electrons. The first-order valence-electron chi connectivity index (χ1n) is 5.82. The van der Waals surface area contributed by atoms with Crippen LogP contribution in [0.2, 0.25) is 0 Å². The molecule has 88 valence electrons. The molecular weight excluding hydrogens is 210 g/mol. The molecule has 2 rings (SSSR count). The Bertz CT molecular complexity index is 468. The molecule has 2 aromatic heterocycles. The van der Waals surface area contributed by atoms with Gasteiger partial charge in [0.2, 0.25) is 0 Å². The van der Waals surface area contributed by atoms with Gasteiger partial charge in [-0.1, -0.05) is 12.1 Å². The number of nitrogens with one attached hydrogen (secondary N) is 1. The van der Waals surface area contributed by atoms with Crippen molar-refractivity contribution >= 4 is 0 Å². The highest BCUT2D eigenvalue weighted by molar-refractivity contribution is 5.17. The summed E-state index contributed by atoms with van der Waals surface area (Å²) >= 11 is 0. The lowest BCUT2D eigenvalue weighted by atomic mass is 10.2. The summed E-state index contributed by atoms with van der Waals surface area (Å²) in [5.74, 6) is 0. The third-order valence-electron chi connectivity index (χ3n) is 2.82. The van der Waals surface area contributed by atoms with Gasteiger partial charge in [-0.3, -0.25) is 9.97 Å². The van der Waals surface area contributed by atoms with Crippen molar-refractivity contribution in [2.45, 2.75) is 26.4 Å². The zero-order chi connectivity index (χ0) is 12.1. The molecule has 0 fully saturated rings. The van der Waals surface area contributed by atoms with Crippen LogP contribution in [0.4, 0.5) is 0 Å². The summed E-state index contributed by atoms with van der Waals surface area (Å²) in [6.45, 7) is 4.96. The number of nitrogens with zero attached hydrogens (tertiary/aromatic N) is 2. The van der Waals surface area contributed by atoms with Gasteiger partial charge in [0.05, 0.1) is 11.4 Å². The molecule has 2 heterocycles. The zero-order valence-corrected chi connectivity index (χ0v) is 10.2. The van der Waals surface area contributed by atoms with E-state index in [1.54, 1.807) is 0 Å². The third-order valence-corrected chi connectivity index (χ3v) is 2.82. The Morgan fingerprint density at radius 3 is 2.65 bits per heavy atom. The largest absolute Gasteiger partial charge is 0.303 e. The van der Waals surface area contributed by atoms with Crippen molar-refractivity contribution in [2.75, 3.05) is 0 Å². The predicted molar refractivity (Wildman–Crippen MR) is 68.5 cm³/mol. The number of hydrogen-bond acceptors (Lipinski definition) is 3. The Labute approximate surface area is 102 Å². The van der Waals surface area contributed by atoms with Crippen LogP contribution in [0.3, 0.4) is 0 Å². The smallest absolute Gasteiger partial charge is 0.0570 e. The van der Waals surface area contributed by atoms with Gasteiger partial charge >= 0.3 is 0 Å². The molecule has 3 nitrogen and oxygen atoms in total. The molecule has 0 aliphatic carbocycles. The molecule has 0 saturated carbocycles. The molecule has 0 aliphatic heterocycles. The average molecular weight is 227 g/mol.